The van der Waals surface area contributed by atoms with Gasteiger partial charge in [0.2, 0.25) is 0 Å². The van der Waals surface area contributed by atoms with Crippen molar-refractivity contribution >= 4 is 54.6 Å². The minimum Gasteiger partial charge on any atom is -0.510 e. The summed E-state index contributed by atoms with van der Waals surface area (Å²) in [5, 5.41) is 4.30. The summed E-state index contributed by atoms with van der Waals surface area (Å²) in [7, 11) is 0. The maximum atomic E-state index is 9.10. The molecule has 10 aromatic carbocycles. The van der Waals surface area contributed by atoms with Crippen molar-refractivity contribution in [3.63, 3.8) is 0 Å². The van der Waals surface area contributed by atoms with Gasteiger partial charge in [-0.3, -0.25) is 4.57 Å². The van der Waals surface area contributed by atoms with Gasteiger partial charge >= 0.3 is 0 Å². The number of rotatable bonds is 9. The van der Waals surface area contributed by atoms with Crippen molar-refractivity contribution in [2.45, 2.75) is 26.2 Å². The molecule has 6 nitrogen and oxygen atoms in total. The summed E-state index contributed by atoms with van der Waals surface area (Å²) in [5.41, 5.74) is 9.68. The first-order valence-electron chi connectivity index (χ1n) is 30.0. The van der Waals surface area contributed by atoms with Crippen molar-refractivity contribution in [1.82, 2.24) is 18.7 Å². The van der Waals surface area contributed by atoms with E-state index in [0.29, 0.717) is 28.2 Å². The van der Waals surface area contributed by atoms with Crippen LogP contribution in [0.15, 0.2) is 243 Å². The number of hydrogen-bond donors (Lipinski definition) is 0. The summed E-state index contributed by atoms with van der Waals surface area (Å²) < 4.78 is 102. The van der Waals surface area contributed by atoms with E-state index in [2.05, 4.69) is 158 Å². The average Bonchev–Trinajstić information content (AvgIpc) is 1.70. The Hall–Kier alpha value is -9.09. The Morgan fingerprint density at radius 3 is 1.82 bits per heavy atom. The number of nitrogens with zero attached hydrogens (tertiary/aromatic N) is 5. The van der Waals surface area contributed by atoms with Gasteiger partial charge in [0.15, 0.2) is 0 Å². The second kappa shape index (κ2) is 19.2. The van der Waals surface area contributed by atoms with Crippen molar-refractivity contribution < 1.29 is 44.1 Å². The largest absolute Gasteiger partial charge is 0.510 e. The van der Waals surface area contributed by atoms with E-state index in [1.165, 1.54) is 10.8 Å². The molecule has 4 heterocycles. The zero-order valence-electron chi connectivity index (χ0n) is 51.8. The molecule has 7 heteroatoms. The van der Waals surface area contributed by atoms with E-state index in [1.807, 2.05) is 48.7 Å². The third kappa shape index (κ3) is 8.16. The Kier molecular flexibility index (Phi) is 9.40. The van der Waals surface area contributed by atoms with Crippen LogP contribution in [0.25, 0.3) is 111 Å². The van der Waals surface area contributed by atoms with Crippen LogP contribution in [0.4, 0.5) is 0 Å². The van der Waals surface area contributed by atoms with Gasteiger partial charge in [-0.25, -0.2) is 4.98 Å². The number of pyridine rings is 1. The first-order valence-corrected chi connectivity index (χ1v) is 25.0. The van der Waals surface area contributed by atoms with Gasteiger partial charge in [0.05, 0.1) is 47.1 Å². The fraction of sp³-hybridized carbons (Fsp3) is 0.0571. The number of benzene rings is 10. The minimum atomic E-state index is -0.578. The number of hydrogen-bond acceptors (Lipinski definition) is 2. The number of ether oxygens (including phenoxy) is 1. The molecule has 0 aliphatic rings. The average molecular weight is 1180 g/mol. The molecule has 77 heavy (non-hydrogen) atoms. The van der Waals surface area contributed by atoms with Crippen LogP contribution < -0.4 is 9.30 Å². The van der Waals surface area contributed by atoms with Crippen molar-refractivity contribution in [2.75, 3.05) is 0 Å². The van der Waals surface area contributed by atoms with Crippen LogP contribution in [-0.4, -0.2) is 18.7 Å². The minimum absolute atomic E-state index is 0. The molecule has 0 aliphatic carbocycles. The molecule has 0 radical (unpaired) electrons. The van der Waals surface area contributed by atoms with Gasteiger partial charge in [0.25, 0.3) is 6.33 Å². The standard InChI is InChI=1S/C70H49N5O.Pt/c1-70(2,3)49-41-42-71-67(43-49)75-65-38-20-32-58(57-29-12-15-35-62(57)74-60-33-13-10-27-55(60)56-28-11-14-34-61(56)74)68(65)59-40-39-52(45-66(59)75)76-51-26-18-25-50(44-51)72-46-73(64-37-17-16-36-63(64)72)69-53(47-21-6-4-7-22-47)30-19-31-54(69)48-23-8-5-9-24-48;/h4-43H,1-3H3;/q-2;/i4D,5D,6D,7D,8D,9D,21D,22D,23D,24D;. The van der Waals surface area contributed by atoms with E-state index in [9.17, 15) is 0 Å². The van der Waals surface area contributed by atoms with Gasteiger partial charge in [0, 0.05) is 60.6 Å². The molecule has 0 bridgehead atoms. The smallest absolute Gasteiger partial charge is 0.268 e. The molecule has 372 valence electrons. The van der Waals surface area contributed by atoms with Crippen LogP contribution in [0.1, 0.15) is 40.0 Å². The van der Waals surface area contributed by atoms with E-state index in [4.69, 9.17) is 23.4 Å². The van der Waals surface area contributed by atoms with E-state index >= 15 is 0 Å². The summed E-state index contributed by atoms with van der Waals surface area (Å²) in [6, 6.07) is 59.5. The molecule has 0 amide bonds. The third-order valence-electron chi connectivity index (χ3n) is 14.1. The molecular formula is C70H49N5OPt-2. The monoisotopic (exact) mass is 1180 g/mol. The molecule has 0 fully saturated rings. The molecule has 0 atom stereocenters. The molecule has 14 rings (SSSR count). The first-order chi connectivity index (χ1) is 41.5. The fourth-order valence-corrected chi connectivity index (χ4v) is 10.7. The number of fused-ring (bicyclic) bond motifs is 7. The second-order valence-electron chi connectivity index (χ2n) is 19.6. The van der Waals surface area contributed by atoms with Crippen molar-refractivity contribution in [2.24, 2.45) is 0 Å². The number of imidazole rings is 1. The maximum absolute atomic E-state index is 9.10. The molecule has 0 aliphatic heterocycles. The third-order valence-corrected chi connectivity index (χ3v) is 14.1. The molecule has 0 unspecified atom stereocenters. The molecule has 0 saturated carbocycles. The fourth-order valence-electron chi connectivity index (χ4n) is 10.7. The van der Waals surface area contributed by atoms with Gasteiger partial charge in [-0.05, 0) is 86.3 Å². The second-order valence-corrected chi connectivity index (χ2v) is 19.6. The van der Waals surface area contributed by atoms with Gasteiger partial charge < -0.3 is 18.4 Å². The van der Waals surface area contributed by atoms with Crippen LogP contribution in [-0.2, 0) is 26.5 Å². The van der Waals surface area contributed by atoms with Crippen LogP contribution in [0.2, 0.25) is 0 Å². The molecule has 4 aromatic heterocycles. The summed E-state index contributed by atoms with van der Waals surface area (Å²) in [5.74, 6) is 1.46. The van der Waals surface area contributed by atoms with Gasteiger partial charge in [-0.15, -0.1) is 29.7 Å². The zero-order valence-corrected chi connectivity index (χ0v) is 44.1. The number of aromatic nitrogens is 5. The SMILES string of the molecule is [2H]c1c([2H])c([2H])c(-c2cccc(-c3c([2H])c([2H])c([2H])c([2H])c3[2H])c2-[n+]2[c-]n(-c3[c-]c(Oc4[c-]c5c(cc4)c4c(-c6ccccc6-n6c7ccccc7c7ccccc76)cccc4n5-c4cc(C(C)(C)C)ccn4)ccc3)c3ccccc32)c([2H])c1[2H].[Pt]. The molecule has 0 spiro atoms. The Morgan fingerprint density at radius 2 is 1.10 bits per heavy atom. The number of para-hydroxylation sites is 6. The predicted octanol–water partition coefficient (Wildman–Crippen LogP) is 17.0. The Bertz CT molecular complexity index is 4980. The topological polar surface area (TPSA) is 40.8 Å². The molecule has 0 saturated heterocycles. The predicted molar refractivity (Wildman–Crippen MR) is 309 cm³/mol. The quantitative estimate of drug-likeness (QED) is 0.107. The van der Waals surface area contributed by atoms with Crippen LogP contribution >= 0.6 is 0 Å². The van der Waals surface area contributed by atoms with Crippen molar-refractivity contribution in [3.8, 4) is 67.8 Å². The van der Waals surface area contributed by atoms with E-state index in [1.54, 1.807) is 33.4 Å². The normalized spacial score (nSPS) is 13.5. The van der Waals surface area contributed by atoms with E-state index in [-0.39, 0.29) is 54.4 Å². The summed E-state index contributed by atoms with van der Waals surface area (Å²) in [6.07, 6.45) is 5.30. The molecular weight excluding hydrogens is 1120 g/mol. The summed E-state index contributed by atoms with van der Waals surface area (Å²) in [4.78, 5) is 5.01. The van der Waals surface area contributed by atoms with E-state index < -0.39 is 60.4 Å². The van der Waals surface area contributed by atoms with Crippen LogP contribution in [0.3, 0.4) is 0 Å². The van der Waals surface area contributed by atoms with Crippen LogP contribution in [0.5, 0.6) is 11.5 Å². The Morgan fingerprint density at radius 1 is 0.519 bits per heavy atom. The van der Waals surface area contributed by atoms with Gasteiger partial charge in [0.1, 0.15) is 5.82 Å². The van der Waals surface area contributed by atoms with Gasteiger partial charge in [-0.2, -0.15) is 18.2 Å². The van der Waals surface area contributed by atoms with Crippen molar-refractivity contribution in [1.29, 1.82) is 0 Å². The Labute approximate surface area is 475 Å². The maximum Gasteiger partial charge on any atom is 0.268 e. The summed E-state index contributed by atoms with van der Waals surface area (Å²) >= 11 is 0. The molecule has 0 N–H and O–H groups in total. The first kappa shape index (κ1) is 37.6. The van der Waals surface area contributed by atoms with Gasteiger partial charge in [-0.1, -0.05) is 196 Å². The van der Waals surface area contributed by atoms with E-state index in [0.717, 1.165) is 61.0 Å². The summed E-state index contributed by atoms with van der Waals surface area (Å²) in [6.45, 7) is 6.55. The van der Waals surface area contributed by atoms with Crippen molar-refractivity contribution in [3.05, 3.63) is 267 Å². The zero-order chi connectivity index (χ0) is 59.6. The molecule has 14 aromatic rings. The Balaban J connectivity index is 0.00000700. The van der Waals surface area contributed by atoms with Crippen LogP contribution in [0, 0.1) is 18.5 Å².